The Morgan fingerprint density at radius 3 is 1.56 bits per heavy atom. The number of unbranched alkanes of at least 4 members (excludes halogenated alkanes) is 6. The van der Waals surface area contributed by atoms with Gasteiger partial charge in [0.15, 0.2) is 0 Å². The quantitative estimate of drug-likeness (QED) is 0.416. The first-order valence-electron chi connectivity index (χ1n) is 11.0. The molecule has 1 N–H and O–H groups in total. The van der Waals surface area contributed by atoms with Crippen LogP contribution in [0.3, 0.4) is 0 Å². The molecule has 0 radical (unpaired) electrons. The van der Waals surface area contributed by atoms with Gasteiger partial charge < -0.3 is 5.11 Å². The van der Waals surface area contributed by atoms with Gasteiger partial charge in [-0.05, 0) is 41.2 Å². The maximum atomic E-state index is 9.34. The van der Waals surface area contributed by atoms with Crippen LogP contribution in [-0.2, 0) is 0 Å². The minimum absolute atomic E-state index is 0.316. The van der Waals surface area contributed by atoms with Crippen molar-refractivity contribution in [3.8, 4) is 16.9 Å². The summed E-state index contributed by atoms with van der Waals surface area (Å²) in [5.74, 6) is 0.951. The average Bonchev–Trinajstić information content (AvgIpc) is 2.71. The van der Waals surface area contributed by atoms with Gasteiger partial charge in [0.05, 0.1) is 0 Å². The highest BCUT2D eigenvalue weighted by Gasteiger charge is 2.06. The van der Waals surface area contributed by atoms with Gasteiger partial charge in [0, 0.05) is 0 Å². The van der Waals surface area contributed by atoms with Crippen LogP contribution in [0, 0.1) is 0 Å². The molecule has 2 aromatic rings. The third-order valence-electron chi connectivity index (χ3n) is 5.13. The van der Waals surface area contributed by atoms with Crippen LogP contribution >= 0.6 is 0 Å². The van der Waals surface area contributed by atoms with Crippen molar-refractivity contribution in [1.82, 2.24) is 0 Å². The van der Waals surface area contributed by atoms with Gasteiger partial charge in [-0.15, -0.1) is 0 Å². The maximum absolute atomic E-state index is 9.34. The second-order valence-electron chi connectivity index (χ2n) is 7.63. The Morgan fingerprint density at radius 1 is 0.630 bits per heavy atom. The van der Waals surface area contributed by atoms with E-state index in [1.54, 1.807) is 12.1 Å². The SMILES string of the molecule is CCCCCC.CCCCCCC(C)c1ccc(-c2ccc(O)cc2)cc1. The van der Waals surface area contributed by atoms with Crippen molar-refractivity contribution in [3.63, 3.8) is 0 Å². The Morgan fingerprint density at radius 2 is 1.07 bits per heavy atom. The second kappa shape index (κ2) is 14.3. The summed E-state index contributed by atoms with van der Waals surface area (Å²) in [5.41, 5.74) is 3.78. The van der Waals surface area contributed by atoms with Crippen molar-refractivity contribution in [3.05, 3.63) is 54.1 Å². The van der Waals surface area contributed by atoms with E-state index in [2.05, 4.69) is 52.0 Å². The van der Waals surface area contributed by atoms with Crippen LogP contribution in [0.2, 0.25) is 0 Å². The molecule has 0 spiro atoms. The van der Waals surface area contributed by atoms with Crippen LogP contribution in [0.1, 0.15) is 97.0 Å². The Labute approximate surface area is 167 Å². The van der Waals surface area contributed by atoms with Gasteiger partial charge in [-0.3, -0.25) is 0 Å². The summed E-state index contributed by atoms with van der Waals surface area (Å²) in [7, 11) is 0. The zero-order chi connectivity index (χ0) is 19.9. The molecule has 0 aromatic heterocycles. The lowest BCUT2D eigenvalue weighted by Crippen LogP contribution is -1.93. The van der Waals surface area contributed by atoms with Crippen LogP contribution in [0.25, 0.3) is 11.1 Å². The lowest BCUT2D eigenvalue weighted by Gasteiger charge is -2.12. The van der Waals surface area contributed by atoms with E-state index in [1.807, 2.05) is 12.1 Å². The molecule has 0 heterocycles. The molecule has 1 unspecified atom stereocenters. The summed E-state index contributed by atoms with van der Waals surface area (Å²) in [6.45, 7) is 9.04. The highest BCUT2D eigenvalue weighted by atomic mass is 16.3. The zero-order valence-electron chi connectivity index (χ0n) is 18.0. The molecule has 0 aliphatic rings. The molecule has 1 atom stereocenters. The smallest absolute Gasteiger partial charge is 0.115 e. The fourth-order valence-electron chi connectivity index (χ4n) is 3.20. The third kappa shape index (κ3) is 9.65. The minimum Gasteiger partial charge on any atom is -0.508 e. The molecular formula is C26H40O. The van der Waals surface area contributed by atoms with Gasteiger partial charge in [0.1, 0.15) is 5.75 Å². The van der Waals surface area contributed by atoms with E-state index in [0.717, 1.165) is 5.56 Å². The number of phenolic OH excluding ortho intramolecular Hbond substituents is 1. The maximum Gasteiger partial charge on any atom is 0.115 e. The van der Waals surface area contributed by atoms with E-state index in [1.165, 1.54) is 68.9 Å². The monoisotopic (exact) mass is 368 g/mol. The molecule has 0 aliphatic carbocycles. The van der Waals surface area contributed by atoms with Crippen molar-refractivity contribution in [2.45, 2.75) is 91.4 Å². The van der Waals surface area contributed by atoms with Crippen molar-refractivity contribution in [2.24, 2.45) is 0 Å². The number of hydrogen-bond donors (Lipinski definition) is 1. The zero-order valence-corrected chi connectivity index (χ0v) is 18.0. The first kappa shape index (κ1) is 23.3. The van der Waals surface area contributed by atoms with Crippen LogP contribution in [-0.4, -0.2) is 5.11 Å². The Hall–Kier alpha value is -1.76. The van der Waals surface area contributed by atoms with Crippen LogP contribution in [0.5, 0.6) is 5.75 Å². The third-order valence-corrected chi connectivity index (χ3v) is 5.13. The number of benzene rings is 2. The van der Waals surface area contributed by atoms with E-state index in [4.69, 9.17) is 0 Å². The van der Waals surface area contributed by atoms with Gasteiger partial charge in [-0.2, -0.15) is 0 Å². The Balaban J connectivity index is 0.000000527. The lowest BCUT2D eigenvalue weighted by molar-refractivity contribution is 0.475. The van der Waals surface area contributed by atoms with Crippen molar-refractivity contribution < 1.29 is 5.11 Å². The van der Waals surface area contributed by atoms with E-state index < -0.39 is 0 Å². The molecule has 0 aliphatic heterocycles. The van der Waals surface area contributed by atoms with Gasteiger partial charge in [0.25, 0.3) is 0 Å². The average molecular weight is 369 g/mol. The summed E-state index contributed by atoms with van der Waals surface area (Å²) >= 11 is 0. The summed E-state index contributed by atoms with van der Waals surface area (Å²) in [4.78, 5) is 0. The van der Waals surface area contributed by atoms with Gasteiger partial charge in [-0.1, -0.05) is 115 Å². The molecule has 150 valence electrons. The topological polar surface area (TPSA) is 20.2 Å². The highest BCUT2D eigenvalue weighted by molar-refractivity contribution is 5.64. The molecule has 0 saturated carbocycles. The van der Waals surface area contributed by atoms with Crippen molar-refractivity contribution >= 4 is 0 Å². The first-order valence-corrected chi connectivity index (χ1v) is 11.0. The minimum atomic E-state index is 0.316. The highest BCUT2D eigenvalue weighted by Crippen LogP contribution is 2.26. The second-order valence-corrected chi connectivity index (χ2v) is 7.63. The molecule has 0 amide bonds. The summed E-state index contributed by atoms with van der Waals surface area (Å²) in [5, 5.41) is 9.34. The standard InChI is InChI=1S/C20H26O.C6H14/c1-3-4-5-6-7-16(2)17-8-10-18(11-9-17)19-12-14-20(21)15-13-19;1-3-5-6-4-2/h8-16,21H,3-7H2,1-2H3;3-6H2,1-2H3. The molecule has 2 rings (SSSR count). The number of hydrogen-bond acceptors (Lipinski definition) is 1. The predicted octanol–water partition coefficient (Wildman–Crippen LogP) is 8.72. The largest absolute Gasteiger partial charge is 0.508 e. The van der Waals surface area contributed by atoms with Crippen LogP contribution in [0.15, 0.2) is 48.5 Å². The Kier molecular flexibility index (Phi) is 12.3. The number of phenols is 1. The van der Waals surface area contributed by atoms with Gasteiger partial charge in [0.2, 0.25) is 0 Å². The summed E-state index contributed by atoms with van der Waals surface area (Å²) < 4.78 is 0. The predicted molar refractivity (Wildman–Crippen MR) is 121 cm³/mol. The molecule has 0 saturated heterocycles. The number of rotatable bonds is 10. The normalized spacial score (nSPS) is 11.6. The lowest BCUT2D eigenvalue weighted by atomic mass is 9.93. The fourth-order valence-corrected chi connectivity index (χ4v) is 3.20. The van der Waals surface area contributed by atoms with E-state index in [0.29, 0.717) is 11.7 Å². The van der Waals surface area contributed by atoms with E-state index >= 15 is 0 Å². The fraction of sp³-hybridized carbons (Fsp3) is 0.538. The van der Waals surface area contributed by atoms with Gasteiger partial charge in [-0.25, -0.2) is 0 Å². The van der Waals surface area contributed by atoms with Crippen molar-refractivity contribution in [2.75, 3.05) is 0 Å². The first-order chi connectivity index (χ1) is 13.1. The number of aromatic hydroxyl groups is 1. The summed E-state index contributed by atoms with van der Waals surface area (Å²) in [6.07, 6.45) is 12.1. The van der Waals surface area contributed by atoms with Crippen molar-refractivity contribution in [1.29, 1.82) is 0 Å². The van der Waals surface area contributed by atoms with Crippen LogP contribution in [0.4, 0.5) is 0 Å². The Bertz CT molecular complexity index is 579. The van der Waals surface area contributed by atoms with E-state index in [9.17, 15) is 5.11 Å². The summed E-state index contributed by atoms with van der Waals surface area (Å²) in [6, 6.07) is 16.2. The van der Waals surface area contributed by atoms with Crippen LogP contribution < -0.4 is 0 Å². The molecule has 2 aromatic carbocycles. The molecule has 0 bridgehead atoms. The molecule has 0 fully saturated rings. The molecular weight excluding hydrogens is 328 g/mol. The van der Waals surface area contributed by atoms with E-state index in [-0.39, 0.29) is 0 Å². The molecule has 1 nitrogen and oxygen atoms in total. The molecule has 1 heteroatoms. The van der Waals surface area contributed by atoms with Gasteiger partial charge >= 0.3 is 0 Å². The molecule has 27 heavy (non-hydrogen) atoms.